The number of hydrogen-bond donors (Lipinski definition) is 0. The number of imidazole rings is 2. The first-order valence-corrected chi connectivity index (χ1v) is 8.70. The molecular formula is C22H22N4O2Pt. The molecule has 0 bridgehead atoms. The van der Waals surface area contributed by atoms with Crippen LogP contribution < -0.4 is 9.47 Å². The van der Waals surface area contributed by atoms with E-state index in [1.54, 1.807) is 26.6 Å². The molecule has 0 aliphatic carbocycles. The Morgan fingerprint density at radius 2 is 1.17 bits per heavy atom. The van der Waals surface area contributed by atoms with Crippen LogP contribution in [0.15, 0.2) is 61.2 Å². The van der Waals surface area contributed by atoms with Gasteiger partial charge in [0.2, 0.25) is 0 Å². The maximum Gasteiger partial charge on any atom is 2.00 e. The molecule has 4 rings (SSSR count). The van der Waals surface area contributed by atoms with E-state index in [1.807, 2.05) is 72.0 Å². The van der Waals surface area contributed by atoms with Crippen LogP contribution in [0.5, 0.6) is 11.5 Å². The van der Waals surface area contributed by atoms with E-state index >= 15 is 0 Å². The minimum absolute atomic E-state index is 0. The van der Waals surface area contributed by atoms with Gasteiger partial charge >= 0.3 is 21.1 Å². The van der Waals surface area contributed by atoms with E-state index < -0.39 is 0 Å². The Morgan fingerprint density at radius 3 is 1.48 bits per heavy atom. The van der Waals surface area contributed by atoms with Gasteiger partial charge in [-0.2, -0.15) is 0 Å². The van der Waals surface area contributed by atoms with Crippen molar-refractivity contribution in [3.05, 3.63) is 73.3 Å². The second-order valence-corrected chi connectivity index (χ2v) is 5.95. The molecule has 0 N–H and O–H groups in total. The van der Waals surface area contributed by atoms with Gasteiger partial charge in [0.05, 0.1) is 25.9 Å². The Labute approximate surface area is 185 Å². The quantitative estimate of drug-likeness (QED) is 0.351. The first-order valence-electron chi connectivity index (χ1n) is 8.70. The average molecular weight is 570 g/mol. The van der Waals surface area contributed by atoms with Crippen molar-refractivity contribution >= 4 is 0 Å². The normalized spacial score (nSPS) is 9.79. The molecule has 7 heteroatoms. The summed E-state index contributed by atoms with van der Waals surface area (Å²) >= 11 is 0. The second-order valence-electron chi connectivity index (χ2n) is 5.95. The summed E-state index contributed by atoms with van der Waals surface area (Å²) in [4.78, 5) is 8.49. The summed E-state index contributed by atoms with van der Waals surface area (Å²) in [6.07, 6.45) is 7.32. The molecule has 0 saturated heterocycles. The molecule has 0 spiro atoms. The number of nitrogens with zero attached hydrogens (tertiary/aromatic N) is 4. The van der Waals surface area contributed by atoms with Crippen molar-refractivity contribution in [3.8, 4) is 34.3 Å². The zero-order chi connectivity index (χ0) is 19.9. The molecule has 0 aliphatic rings. The average Bonchev–Trinajstić information content (AvgIpc) is 3.36. The molecular weight excluding hydrogens is 547 g/mol. The van der Waals surface area contributed by atoms with Gasteiger partial charge in [0, 0.05) is 50.4 Å². The van der Waals surface area contributed by atoms with Crippen molar-refractivity contribution in [3.63, 3.8) is 0 Å². The predicted molar refractivity (Wildman–Crippen MR) is 108 cm³/mol. The van der Waals surface area contributed by atoms with Crippen LogP contribution in [0.25, 0.3) is 22.8 Å². The number of hydrogen-bond acceptors (Lipinski definition) is 4. The van der Waals surface area contributed by atoms with Crippen LogP contribution in [0.3, 0.4) is 0 Å². The van der Waals surface area contributed by atoms with E-state index in [0.29, 0.717) is 0 Å². The molecule has 29 heavy (non-hydrogen) atoms. The number of ether oxygens (including phenoxy) is 2. The van der Waals surface area contributed by atoms with Crippen molar-refractivity contribution in [1.82, 2.24) is 19.1 Å². The Balaban J connectivity index is 0.000000200. The van der Waals surface area contributed by atoms with Crippen LogP contribution >= 0.6 is 0 Å². The summed E-state index contributed by atoms with van der Waals surface area (Å²) in [5.41, 5.74) is 1.78. The third kappa shape index (κ3) is 5.15. The van der Waals surface area contributed by atoms with E-state index in [2.05, 4.69) is 22.1 Å². The molecule has 152 valence electrons. The van der Waals surface area contributed by atoms with Crippen LogP contribution in [-0.2, 0) is 35.2 Å². The maximum absolute atomic E-state index is 5.24. The molecule has 0 unspecified atom stereocenters. The van der Waals surface area contributed by atoms with Gasteiger partial charge in [0.15, 0.2) is 0 Å². The molecule has 2 aromatic carbocycles. The second kappa shape index (κ2) is 10.6. The summed E-state index contributed by atoms with van der Waals surface area (Å²) in [7, 11) is 7.19. The summed E-state index contributed by atoms with van der Waals surface area (Å²) < 4.78 is 14.4. The third-order valence-electron chi connectivity index (χ3n) is 4.17. The fourth-order valence-corrected chi connectivity index (χ4v) is 2.75. The van der Waals surface area contributed by atoms with Crippen molar-refractivity contribution in [2.45, 2.75) is 0 Å². The van der Waals surface area contributed by atoms with Gasteiger partial charge in [-0.25, -0.2) is 0 Å². The third-order valence-corrected chi connectivity index (χ3v) is 4.17. The number of benzene rings is 2. The molecule has 0 radical (unpaired) electrons. The smallest absolute Gasteiger partial charge is 0.540 e. The number of rotatable bonds is 4. The van der Waals surface area contributed by atoms with Gasteiger partial charge in [-0.05, 0) is 0 Å². The first kappa shape index (κ1) is 22.4. The Bertz CT molecular complexity index is 959. The molecule has 4 aromatic rings. The number of aromatic nitrogens is 4. The zero-order valence-electron chi connectivity index (χ0n) is 16.7. The monoisotopic (exact) mass is 569 g/mol. The molecule has 0 saturated carbocycles. The van der Waals surface area contributed by atoms with E-state index in [1.165, 1.54) is 0 Å². The Kier molecular flexibility index (Phi) is 8.22. The van der Waals surface area contributed by atoms with E-state index in [9.17, 15) is 0 Å². The van der Waals surface area contributed by atoms with Crippen LogP contribution in [0, 0.1) is 12.1 Å². The van der Waals surface area contributed by atoms with Gasteiger partial charge in [0.1, 0.15) is 0 Å². The summed E-state index contributed by atoms with van der Waals surface area (Å²) in [5.74, 6) is 3.31. The molecule has 0 fully saturated rings. The molecule has 6 nitrogen and oxygen atoms in total. The fraction of sp³-hybridized carbons (Fsp3) is 0.182. The van der Waals surface area contributed by atoms with Crippen LogP contribution in [0.2, 0.25) is 0 Å². The van der Waals surface area contributed by atoms with Crippen LogP contribution in [-0.4, -0.2) is 33.3 Å². The van der Waals surface area contributed by atoms with E-state index in [-0.39, 0.29) is 21.1 Å². The largest absolute Gasteiger partial charge is 2.00 e. The minimum Gasteiger partial charge on any atom is -0.540 e. The van der Waals surface area contributed by atoms with Crippen LogP contribution in [0.1, 0.15) is 0 Å². The molecule has 0 atom stereocenters. The maximum atomic E-state index is 5.24. The number of methoxy groups -OCH3 is 2. The Morgan fingerprint density at radius 1 is 0.759 bits per heavy atom. The molecule has 0 aliphatic heterocycles. The van der Waals surface area contributed by atoms with Crippen molar-refractivity contribution in [2.75, 3.05) is 14.2 Å². The van der Waals surface area contributed by atoms with Crippen LogP contribution in [0.4, 0.5) is 0 Å². The van der Waals surface area contributed by atoms with Crippen molar-refractivity contribution in [2.24, 2.45) is 14.1 Å². The molecule has 2 aromatic heterocycles. The van der Waals surface area contributed by atoms with Gasteiger partial charge in [-0.3, -0.25) is 9.97 Å². The topological polar surface area (TPSA) is 54.1 Å². The molecule has 2 heterocycles. The van der Waals surface area contributed by atoms with E-state index in [4.69, 9.17) is 9.47 Å². The fourth-order valence-electron chi connectivity index (χ4n) is 2.75. The number of aryl methyl sites for hydroxylation is 2. The minimum atomic E-state index is 0. The standard InChI is InChI=1S/2C11H11N2O.Pt/c2*1-13-8-7-12-11(13)9-5-3-4-6-10(9)14-2;/h2*3-4,6-8H,1-2H3;/q2*-1;+2. The first-order chi connectivity index (χ1) is 13.7. The van der Waals surface area contributed by atoms with Gasteiger partial charge in [-0.15, -0.1) is 48.5 Å². The van der Waals surface area contributed by atoms with E-state index in [0.717, 1.165) is 34.3 Å². The summed E-state index contributed by atoms with van der Waals surface area (Å²) in [6.45, 7) is 0. The van der Waals surface area contributed by atoms with Gasteiger partial charge < -0.3 is 18.6 Å². The van der Waals surface area contributed by atoms with Crippen molar-refractivity contribution < 1.29 is 30.5 Å². The summed E-state index contributed by atoms with van der Waals surface area (Å²) in [6, 6.07) is 17.5. The SMILES string of the molecule is COc1ccc[c-]c1-c1nccn1C.COc1ccc[c-]c1-c1nccn1C.[Pt+2]. The Hall–Kier alpha value is -2.85. The van der Waals surface area contributed by atoms with Crippen molar-refractivity contribution in [1.29, 1.82) is 0 Å². The zero-order valence-corrected chi connectivity index (χ0v) is 19.0. The predicted octanol–water partition coefficient (Wildman–Crippen LogP) is 3.79. The molecule has 0 amide bonds. The van der Waals surface area contributed by atoms with Gasteiger partial charge in [-0.1, -0.05) is 11.1 Å². The van der Waals surface area contributed by atoms with Gasteiger partial charge in [0.25, 0.3) is 0 Å². The summed E-state index contributed by atoms with van der Waals surface area (Å²) in [5, 5.41) is 0.